The van der Waals surface area contributed by atoms with Crippen molar-refractivity contribution in [3.63, 3.8) is 0 Å². The van der Waals surface area contributed by atoms with Gasteiger partial charge in [0.25, 0.3) is 5.91 Å². The first-order chi connectivity index (χ1) is 18.0. The van der Waals surface area contributed by atoms with Crippen LogP contribution in [0, 0.1) is 0 Å². The average Bonchev–Trinajstić information content (AvgIpc) is 3.21. The van der Waals surface area contributed by atoms with Crippen LogP contribution in [0.1, 0.15) is 29.3 Å². The average molecular weight is 496 g/mol. The van der Waals surface area contributed by atoms with E-state index in [1.54, 1.807) is 24.9 Å². The second-order valence-electron chi connectivity index (χ2n) is 8.95. The third-order valence-corrected chi connectivity index (χ3v) is 6.41. The summed E-state index contributed by atoms with van der Waals surface area (Å²) in [5.41, 5.74) is 11.1. The van der Waals surface area contributed by atoms with Gasteiger partial charge in [0.1, 0.15) is 28.4 Å². The number of nitrogens with one attached hydrogen (secondary N) is 1. The third kappa shape index (κ3) is 4.78. The van der Waals surface area contributed by atoms with E-state index in [0.29, 0.717) is 44.9 Å². The predicted octanol–water partition coefficient (Wildman–Crippen LogP) is 4.92. The molecule has 1 atom stereocenters. The number of hydrogen-bond donors (Lipinski definition) is 2. The summed E-state index contributed by atoms with van der Waals surface area (Å²) in [7, 11) is 3.16. The van der Waals surface area contributed by atoms with Crippen LogP contribution in [-0.4, -0.2) is 40.7 Å². The molecule has 2 heterocycles. The molecule has 5 rings (SSSR count). The summed E-state index contributed by atoms with van der Waals surface area (Å²) in [6, 6.07) is 23.1. The molecule has 0 saturated carbocycles. The van der Waals surface area contributed by atoms with Crippen LogP contribution in [0.5, 0.6) is 11.5 Å². The number of amides is 1. The number of nitrogen functional groups attached to an aromatic ring is 1. The zero-order chi connectivity index (χ0) is 25.9. The fourth-order valence-electron chi connectivity index (χ4n) is 4.46. The summed E-state index contributed by atoms with van der Waals surface area (Å²) in [4.78, 5) is 23.3. The lowest BCUT2D eigenvalue weighted by atomic mass is 10.1. The molecule has 0 bridgehead atoms. The van der Waals surface area contributed by atoms with Crippen LogP contribution < -0.4 is 20.5 Å². The van der Waals surface area contributed by atoms with E-state index in [1.165, 1.54) is 5.56 Å². The molecule has 0 aliphatic heterocycles. The predicted molar refractivity (Wildman–Crippen MR) is 146 cm³/mol. The molecule has 8 nitrogen and oxygen atoms in total. The number of ether oxygens (including phenoxy) is 2. The summed E-state index contributed by atoms with van der Waals surface area (Å²) in [5.74, 6) is 1.13. The first-order valence-corrected chi connectivity index (χ1v) is 12.1. The number of nitrogens with zero attached hydrogens (tertiary/aromatic N) is 3. The zero-order valence-electron chi connectivity index (χ0n) is 21.1. The van der Waals surface area contributed by atoms with Gasteiger partial charge in [-0.15, -0.1) is 0 Å². The molecule has 2 aromatic heterocycles. The molecule has 0 spiro atoms. The lowest BCUT2D eigenvalue weighted by molar-refractivity contribution is 0.0941. The van der Waals surface area contributed by atoms with Gasteiger partial charge in [-0.05, 0) is 37.5 Å². The van der Waals surface area contributed by atoms with E-state index < -0.39 is 0 Å². The molecule has 8 heteroatoms. The molecular formula is C29H29N5O3. The van der Waals surface area contributed by atoms with Gasteiger partial charge in [-0.1, -0.05) is 42.5 Å². The van der Waals surface area contributed by atoms with Crippen LogP contribution >= 0.6 is 0 Å². The molecule has 0 aliphatic carbocycles. The molecule has 37 heavy (non-hydrogen) atoms. The van der Waals surface area contributed by atoms with Gasteiger partial charge in [0.05, 0.1) is 30.9 Å². The molecule has 0 radical (unpaired) electrons. The van der Waals surface area contributed by atoms with Gasteiger partial charge in [0.15, 0.2) is 5.65 Å². The summed E-state index contributed by atoms with van der Waals surface area (Å²) in [5, 5.41) is 3.11. The Morgan fingerprint density at radius 1 is 0.946 bits per heavy atom. The van der Waals surface area contributed by atoms with Gasteiger partial charge in [0.2, 0.25) is 0 Å². The highest BCUT2D eigenvalue weighted by atomic mass is 16.5. The molecule has 0 saturated heterocycles. The monoisotopic (exact) mass is 495 g/mol. The Balaban J connectivity index is 1.58. The van der Waals surface area contributed by atoms with Gasteiger partial charge in [0, 0.05) is 24.2 Å². The number of benzene rings is 3. The van der Waals surface area contributed by atoms with Gasteiger partial charge in [-0.2, -0.15) is 0 Å². The van der Waals surface area contributed by atoms with E-state index >= 15 is 0 Å². The van der Waals surface area contributed by atoms with Crippen molar-refractivity contribution in [1.82, 2.24) is 19.9 Å². The maximum atomic E-state index is 13.6. The number of hydrogen-bond acceptors (Lipinski definition) is 6. The highest BCUT2D eigenvalue weighted by Gasteiger charge is 2.26. The number of anilines is 1. The van der Waals surface area contributed by atoms with E-state index in [-0.39, 0.29) is 17.8 Å². The van der Waals surface area contributed by atoms with Crippen molar-refractivity contribution in [1.29, 1.82) is 0 Å². The molecule has 5 aromatic rings. The molecule has 3 aromatic carbocycles. The minimum absolute atomic E-state index is 0.0733. The van der Waals surface area contributed by atoms with E-state index in [9.17, 15) is 4.79 Å². The van der Waals surface area contributed by atoms with Gasteiger partial charge < -0.3 is 20.5 Å². The Morgan fingerprint density at radius 2 is 1.57 bits per heavy atom. The van der Waals surface area contributed by atoms with Gasteiger partial charge in [-0.3, -0.25) is 9.36 Å². The van der Waals surface area contributed by atoms with Crippen molar-refractivity contribution in [3.05, 3.63) is 83.9 Å². The largest absolute Gasteiger partial charge is 0.497 e. The van der Waals surface area contributed by atoms with E-state index in [0.717, 1.165) is 12.8 Å². The normalized spacial score (nSPS) is 12.0. The summed E-state index contributed by atoms with van der Waals surface area (Å²) < 4.78 is 12.6. The minimum atomic E-state index is -0.291. The van der Waals surface area contributed by atoms with Crippen molar-refractivity contribution in [3.8, 4) is 17.2 Å². The number of methoxy groups -OCH3 is 2. The number of rotatable bonds is 8. The van der Waals surface area contributed by atoms with Crippen molar-refractivity contribution in [2.45, 2.75) is 25.8 Å². The first kappa shape index (κ1) is 24.1. The second kappa shape index (κ2) is 10.2. The number of nitrogens with two attached hydrogens (primary N) is 1. The number of aromatic nitrogens is 3. The fourth-order valence-corrected chi connectivity index (χ4v) is 4.46. The zero-order valence-corrected chi connectivity index (χ0v) is 21.1. The maximum Gasteiger partial charge on any atom is 0.257 e. The lowest BCUT2D eigenvalue weighted by Gasteiger charge is -2.14. The maximum absolute atomic E-state index is 13.6. The topological polar surface area (TPSA) is 104 Å². The highest BCUT2D eigenvalue weighted by molar-refractivity contribution is 6.11. The quantitative estimate of drug-likeness (QED) is 0.317. The van der Waals surface area contributed by atoms with E-state index in [4.69, 9.17) is 25.2 Å². The van der Waals surface area contributed by atoms with Crippen molar-refractivity contribution < 1.29 is 14.3 Å². The second-order valence-corrected chi connectivity index (χ2v) is 8.95. The minimum Gasteiger partial charge on any atom is -0.497 e. The molecule has 188 valence electrons. The summed E-state index contributed by atoms with van der Waals surface area (Å²) in [6.45, 7) is 1.99. The Bertz CT molecular complexity index is 1560. The van der Waals surface area contributed by atoms with Crippen LogP contribution in [0.4, 0.5) is 5.82 Å². The van der Waals surface area contributed by atoms with Crippen molar-refractivity contribution in [2.24, 2.45) is 0 Å². The summed E-state index contributed by atoms with van der Waals surface area (Å²) in [6.07, 6.45) is 1.64. The van der Waals surface area contributed by atoms with E-state index in [2.05, 4.69) is 17.4 Å². The van der Waals surface area contributed by atoms with Gasteiger partial charge in [-0.25, -0.2) is 9.97 Å². The number of para-hydroxylation sites is 2. The Kier molecular flexibility index (Phi) is 6.64. The number of fused-ring (bicyclic) bond motifs is 2. The van der Waals surface area contributed by atoms with E-state index in [1.807, 2.05) is 61.5 Å². The SMILES string of the molecule is COc1cc(OC)cc(-n2c(N)c(C(=O)N[C@H](C)CCc3ccccc3)c3nc4ccccc4nc32)c1. The number of aryl methyl sites for hydroxylation is 1. The first-order valence-electron chi connectivity index (χ1n) is 12.1. The fraction of sp³-hybridized carbons (Fsp3) is 0.207. The third-order valence-electron chi connectivity index (χ3n) is 6.41. The molecule has 0 unspecified atom stereocenters. The molecule has 1 amide bonds. The summed E-state index contributed by atoms with van der Waals surface area (Å²) >= 11 is 0. The van der Waals surface area contributed by atoms with Crippen LogP contribution in [0.3, 0.4) is 0 Å². The smallest absolute Gasteiger partial charge is 0.257 e. The van der Waals surface area contributed by atoms with Crippen LogP contribution in [-0.2, 0) is 6.42 Å². The Hall–Kier alpha value is -4.59. The molecular weight excluding hydrogens is 466 g/mol. The Labute approximate surface area is 215 Å². The molecule has 3 N–H and O–H groups in total. The number of carbonyl (C=O) groups is 1. The van der Waals surface area contributed by atoms with Crippen LogP contribution in [0.25, 0.3) is 27.9 Å². The van der Waals surface area contributed by atoms with Gasteiger partial charge >= 0.3 is 0 Å². The molecule has 0 fully saturated rings. The van der Waals surface area contributed by atoms with Crippen molar-refractivity contribution in [2.75, 3.05) is 20.0 Å². The highest BCUT2D eigenvalue weighted by Crippen LogP contribution is 2.34. The lowest BCUT2D eigenvalue weighted by Crippen LogP contribution is -2.33. The van der Waals surface area contributed by atoms with Crippen LogP contribution in [0.2, 0.25) is 0 Å². The van der Waals surface area contributed by atoms with Crippen molar-refractivity contribution >= 4 is 33.9 Å². The standard InChI is InChI=1S/C29H29N5O3/c1-18(13-14-19-9-5-4-6-10-19)31-29(35)25-26-28(33-24-12-8-7-11-23(24)32-26)34(27(25)30)20-15-21(36-2)17-22(16-20)37-3/h4-12,15-18H,13-14,30H2,1-3H3,(H,31,35)/t18-/m1/s1. The Morgan fingerprint density at radius 3 is 2.22 bits per heavy atom. The molecule has 0 aliphatic rings. The number of carbonyl (C=O) groups excluding carboxylic acids is 1. The van der Waals surface area contributed by atoms with Crippen LogP contribution in [0.15, 0.2) is 72.8 Å².